The molecule has 0 saturated carbocycles. The number of benzene rings is 3. The van der Waals surface area contributed by atoms with Crippen molar-refractivity contribution in [2.45, 2.75) is 11.8 Å². The average Bonchev–Trinajstić information content (AvgIpc) is 3.30. The summed E-state index contributed by atoms with van der Waals surface area (Å²) in [5, 5.41) is 16.8. The van der Waals surface area contributed by atoms with Crippen LogP contribution in [-0.4, -0.2) is 40.6 Å². The molecule has 214 valence electrons. The number of phenolic OH excluding ortho intramolecular Hbond substituents is 1. The van der Waals surface area contributed by atoms with Gasteiger partial charge in [0.25, 0.3) is 5.91 Å². The number of para-hydroxylation sites is 1. The number of anilines is 2. The molecular formula is C30H25ClN4O6S. The number of nitrogens with one attached hydrogen (secondary N) is 2. The molecule has 42 heavy (non-hydrogen) atoms. The van der Waals surface area contributed by atoms with Gasteiger partial charge in [-0.2, -0.15) is 0 Å². The Bertz CT molecular complexity index is 1920. The van der Waals surface area contributed by atoms with Crippen molar-refractivity contribution in [1.29, 1.82) is 0 Å². The number of ether oxygens (including phenoxy) is 1. The van der Waals surface area contributed by atoms with Crippen LogP contribution in [0.1, 0.15) is 16.1 Å². The summed E-state index contributed by atoms with van der Waals surface area (Å²) in [7, 11) is -2.32. The van der Waals surface area contributed by atoms with Crippen LogP contribution in [0.3, 0.4) is 0 Å². The van der Waals surface area contributed by atoms with Crippen molar-refractivity contribution < 1.29 is 27.9 Å². The Morgan fingerprint density at radius 3 is 2.45 bits per heavy atom. The van der Waals surface area contributed by atoms with Gasteiger partial charge in [0.1, 0.15) is 17.3 Å². The number of aromatic hydroxyl groups is 1. The number of aryl methyl sites for hydroxylation is 2. The Labute approximate surface area is 246 Å². The number of amides is 2. The second kappa shape index (κ2) is 11.6. The van der Waals surface area contributed by atoms with E-state index < -0.39 is 27.4 Å². The summed E-state index contributed by atoms with van der Waals surface area (Å²) in [5.74, 6) is -2.27. The molecule has 2 heterocycles. The second-order valence-electron chi connectivity index (χ2n) is 9.49. The summed E-state index contributed by atoms with van der Waals surface area (Å²) in [6.07, 6.45) is 2.87. The Hall–Kier alpha value is -4.87. The molecule has 0 fully saturated rings. The lowest BCUT2D eigenvalue weighted by atomic mass is 10.2. The van der Waals surface area contributed by atoms with Gasteiger partial charge < -0.3 is 25.0 Å². The van der Waals surface area contributed by atoms with E-state index in [-0.39, 0.29) is 33.3 Å². The van der Waals surface area contributed by atoms with E-state index in [0.29, 0.717) is 21.7 Å². The lowest BCUT2D eigenvalue weighted by Gasteiger charge is -2.16. The predicted octanol–water partition coefficient (Wildman–Crippen LogP) is 5.70. The van der Waals surface area contributed by atoms with Crippen LogP contribution >= 0.6 is 11.6 Å². The smallest absolute Gasteiger partial charge is 0.257 e. The maximum Gasteiger partial charge on any atom is 0.257 e. The van der Waals surface area contributed by atoms with Gasteiger partial charge in [-0.3, -0.25) is 14.6 Å². The summed E-state index contributed by atoms with van der Waals surface area (Å²) in [6, 6.07) is 19.1. The van der Waals surface area contributed by atoms with E-state index in [4.69, 9.17) is 16.3 Å². The fourth-order valence-corrected chi connectivity index (χ4v) is 5.79. The topological polar surface area (TPSA) is 140 Å². The predicted molar refractivity (Wildman–Crippen MR) is 160 cm³/mol. The minimum Gasteiger partial charge on any atom is -0.506 e. The fourth-order valence-electron chi connectivity index (χ4n) is 4.27. The Balaban J connectivity index is 1.43. The van der Waals surface area contributed by atoms with Crippen LogP contribution in [0.15, 0.2) is 90.1 Å². The maximum atomic E-state index is 13.2. The Morgan fingerprint density at radius 2 is 1.74 bits per heavy atom. The minimum atomic E-state index is -4.04. The zero-order chi connectivity index (χ0) is 30.0. The first-order valence-corrected chi connectivity index (χ1v) is 14.6. The highest BCUT2D eigenvalue weighted by atomic mass is 35.5. The maximum absolute atomic E-state index is 13.2. The van der Waals surface area contributed by atoms with Crippen molar-refractivity contribution >= 4 is 55.5 Å². The number of aromatic nitrogens is 2. The van der Waals surface area contributed by atoms with Crippen molar-refractivity contribution in [3.8, 4) is 17.2 Å². The summed E-state index contributed by atoms with van der Waals surface area (Å²) >= 11 is 5.98. The number of hydrogen-bond donors (Lipinski definition) is 3. The third kappa shape index (κ3) is 6.22. The van der Waals surface area contributed by atoms with Crippen molar-refractivity contribution in [1.82, 2.24) is 9.55 Å². The van der Waals surface area contributed by atoms with Gasteiger partial charge in [-0.05, 0) is 49.4 Å². The van der Waals surface area contributed by atoms with E-state index in [9.17, 15) is 23.1 Å². The molecular weight excluding hydrogens is 580 g/mol. The SMILES string of the molecule is Cc1ccc(C(=O)Nc2cc(Oc3ccc(Cl)cc3)c(NC(=O)CS(=O)(=O)c3cn(C)c4ccccc34)cc2O)cn1. The van der Waals surface area contributed by atoms with E-state index in [1.54, 1.807) is 79.2 Å². The monoisotopic (exact) mass is 604 g/mol. The molecule has 3 aromatic carbocycles. The zero-order valence-electron chi connectivity index (χ0n) is 22.5. The van der Waals surface area contributed by atoms with E-state index >= 15 is 0 Å². The van der Waals surface area contributed by atoms with Gasteiger partial charge in [-0.15, -0.1) is 0 Å². The van der Waals surface area contributed by atoms with Crippen LogP contribution < -0.4 is 15.4 Å². The molecule has 5 aromatic rings. The van der Waals surface area contributed by atoms with Crippen molar-refractivity contribution in [2.75, 3.05) is 16.4 Å². The molecule has 0 aliphatic carbocycles. The quantitative estimate of drug-likeness (QED) is 0.193. The molecule has 0 aliphatic rings. The van der Waals surface area contributed by atoms with Crippen molar-refractivity contribution in [2.24, 2.45) is 7.05 Å². The number of halogens is 1. The first-order chi connectivity index (χ1) is 20.0. The first-order valence-electron chi connectivity index (χ1n) is 12.6. The third-order valence-corrected chi connectivity index (χ3v) is 8.24. The van der Waals surface area contributed by atoms with E-state index in [0.717, 1.165) is 11.8 Å². The normalized spacial score (nSPS) is 11.3. The van der Waals surface area contributed by atoms with Gasteiger partial charge in [0.05, 0.1) is 21.8 Å². The summed E-state index contributed by atoms with van der Waals surface area (Å²) < 4.78 is 34.1. The first kappa shape index (κ1) is 28.7. The van der Waals surface area contributed by atoms with Gasteiger partial charge >= 0.3 is 0 Å². The summed E-state index contributed by atoms with van der Waals surface area (Å²) in [4.78, 5) is 30.0. The van der Waals surface area contributed by atoms with Crippen LogP contribution in [0.5, 0.6) is 17.2 Å². The van der Waals surface area contributed by atoms with Crippen LogP contribution in [0, 0.1) is 6.92 Å². The molecule has 0 atom stereocenters. The molecule has 0 spiro atoms. The van der Waals surface area contributed by atoms with Crippen LogP contribution in [0.25, 0.3) is 10.9 Å². The molecule has 0 saturated heterocycles. The highest BCUT2D eigenvalue weighted by Crippen LogP contribution is 2.39. The summed E-state index contributed by atoms with van der Waals surface area (Å²) in [6.45, 7) is 1.79. The molecule has 0 unspecified atom stereocenters. The number of fused-ring (bicyclic) bond motifs is 1. The largest absolute Gasteiger partial charge is 0.506 e. The molecule has 2 aromatic heterocycles. The number of carbonyl (C=O) groups is 2. The fraction of sp³-hybridized carbons (Fsp3) is 0.100. The molecule has 3 N–H and O–H groups in total. The molecule has 10 nitrogen and oxygen atoms in total. The number of rotatable bonds is 8. The number of phenols is 1. The number of sulfone groups is 1. The average molecular weight is 605 g/mol. The van der Waals surface area contributed by atoms with Crippen LogP contribution in [-0.2, 0) is 21.7 Å². The number of pyridine rings is 1. The molecule has 12 heteroatoms. The molecule has 2 amide bonds. The zero-order valence-corrected chi connectivity index (χ0v) is 24.0. The highest BCUT2D eigenvalue weighted by Gasteiger charge is 2.25. The highest BCUT2D eigenvalue weighted by molar-refractivity contribution is 7.92. The number of carbonyl (C=O) groups excluding carboxylic acids is 2. The van der Waals surface area contributed by atoms with Crippen molar-refractivity contribution in [3.05, 3.63) is 101 Å². The Morgan fingerprint density at radius 1 is 1.00 bits per heavy atom. The molecule has 0 bridgehead atoms. The minimum absolute atomic E-state index is 0.00841. The van der Waals surface area contributed by atoms with Gasteiger partial charge in [-0.25, -0.2) is 8.42 Å². The van der Waals surface area contributed by atoms with Crippen LogP contribution in [0.4, 0.5) is 11.4 Å². The van der Waals surface area contributed by atoms with Gasteiger partial charge in [0.2, 0.25) is 5.91 Å². The molecule has 5 rings (SSSR count). The second-order valence-corrected chi connectivity index (χ2v) is 11.9. The lowest BCUT2D eigenvalue weighted by Crippen LogP contribution is -2.23. The van der Waals surface area contributed by atoms with E-state index in [1.165, 1.54) is 18.5 Å². The van der Waals surface area contributed by atoms with Gasteiger partial charge in [0.15, 0.2) is 15.6 Å². The standard InChI is InChI=1S/C30H25ClN4O6S/c1-18-7-8-19(15-32-18)30(38)34-23-14-27(41-21-11-9-20(31)10-12-21)24(13-26(23)36)33-29(37)17-42(39,40)28-16-35(2)25-6-4-3-5-22(25)28/h3-16,36H,17H2,1-2H3,(H,33,37)(H,34,38). The summed E-state index contributed by atoms with van der Waals surface area (Å²) in [5.41, 5.74) is 1.67. The molecule has 0 aliphatic heterocycles. The third-order valence-electron chi connectivity index (χ3n) is 6.35. The Kier molecular flexibility index (Phi) is 7.88. The van der Waals surface area contributed by atoms with E-state index in [1.807, 2.05) is 0 Å². The van der Waals surface area contributed by atoms with Gasteiger partial charge in [0, 0.05) is 53.2 Å². The molecule has 0 radical (unpaired) electrons. The number of nitrogens with zero attached hydrogens (tertiary/aromatic N) is 2. The van der Waals surface area contributed by atoms with Crippen molar-refractivity contribution in [3.63, 3.8) is 0 Å². The lowest BCUT2D eigenvalue weighted by molar-refractivity contribution is -0.113. The number of hydrogen-bond acceptors (Lipinski definition) is 7. The van der Waals surface area contributed by atoms with E-state index in [2.05, 4.69) is 15.6 Å². The van der Waals surface area contributed by atoms with Gasteiger partial charge in [-0.1, -0.05) is 29.8 Å². The van der Waals surface area contributed by atoms with Crippen LogP contribution in [0.2, 0.25) is 5.02 Å².